The summed E-state index contributed by atoms with van der Waals surface area (Å²) < 4.78 is 15.8. The molecule has 5 N–H and O–H groups in total. The standard InChI is InChI=1S/C26H23FN10O3/c1-13(38)31-21-7-2-14(10-28-21)19-6-3-17(27)8-15(19)11-29-24-34-22-16(9-20-23(39)35-26(40)33-20)12-30-37(22)25(36-24)32-18-4-5-18/h2-3,6-10,12,18H,4-5,11H2,1H3,(H,28,31,38)(H2,29,32,34,36)(H2,33,35,39,40)/b20-9-. The van der Waals surface area contributed by atoms with Crippen LogP contribution in [0.15, 0.2) is 48.4 Å². The predicted octanol–water partition coefficient (Wildman–Crippen LogP) is 2.65. The molecule has 0 radical (unpaired) electrons. The molecule has 2 aliphatic rings. The molecule has 14 heteroatoms. The number of halogens is 1. The number of carbonyl (C=O) groups excluding carboxylic acids is 3. The number of rotatable bonds is 8. The van der Waals surface area contributed by atoms with Crippen LogP contribution in [0.5, 0.6) is 0 Å². The van der Waals surface area contributed by atoms with Crippen LogP contribution in [0.3, 0.4) is 0 Å². The first kappa shape index (κ1) is 24.9. The van der Waals surface area contributed by atoms with Gasteiger partial charge in [0.25, 0.3) is 5.91 Å². The Morgan fingerprint density at radius 1 is 1.15 bits per heavy atom. The molecular weight excluding hydrogens is 519 g/mol. The van der Waals surface area contributed by atoms with Crippen molar-refractivity contribution in [2.45, 2.75) is 32.4 Å². The number of pyridine rings is 1. The van der Waals surface area contributed by atoms with Gasteiger partial charge < -0.3 is 21.3 Å². The van der Waals surface area contributed by atoms with Crippen molar-refractivity contribution >= 4 is 47.3 Å². The summed E-state index contributed by atoms with van der Waals surface area (Å²) in [6.45, 7) is 1.58. The first-order valence-corrected chi connectivity index (χ1v) is 12.4. The Balaban J connectivity index is 1.31. The van der Waals surface area contributed by atoms with Gasteiger partial charge in [-0.25, -0.2) is 14.2 Å². The van der Waals surface area contributed by atoms with E-state index in [1.54, 1.807) is 24.4 Å². The topological polar surface area (TPSA) is 167 Å². The second-order valence-electron chi connectivity index (χ2n) is 9.36. The summed E-state index contributed by atoms with van der Waals surface area (Å²) in [5, 5.41) is 18.1. The fourth-order valence-corrected chi connectivity index (χ4v) is 4.19. The summed E-state index contributed by atoms with van der Waals surface area (Å²) in [6.07, 6.45) is 6.62. The van der Waals surface area contributed by atoms with E-state index in [1.165, 1.54) is 35.8 Å². The van der Waals surface area contributed by atoms with Crippen molar-refractivity contribution in [3.63, 3.8) is 0 Å². The molecule has 4 aromatic rings. The molecule has 0 spiro atoms. The summed E-state index contributed by atoms with van der Waals surface area (Å²) in [5.41, 5.74) is 3.08. The number of fused-ring (bicyclic) bond motifs is 1. The molecule has 1 aliphatic carbocycles. The zero-order valence-electron chi connectivity index (χ0n) is 21.2. The largest absolute Gasteiger partial charge is 0.351 e. The van der Waals surface area contributed by atoms with Crippen molar-refractivity contribution in [2.24, 2.45) is 0 Å². The normalized spacial score (nSPS) is 15.7. The highest BCUT2D eigenvalue weighted by Gasteiger charge is 2.26. The van der Waals surface area contributed by atoms with Gasteiger partial charge in [0.05, 0.1) is 6.20 Å². The van der Waals surface area contributed by atoms with E-state index in [1.807, 2.05) is 0 Å². The summed E-state index contributed by atoms with van der Waals surface area (Å²) in [7, 11) is 0. The van der Waals surface area contributed by atoms with Crippen LogP contribution in [0.4, 0.5) is 26.9 Å². The third kappa shape index (κ3) is 5.27. The molecular formula is C26H23FN10O3. The van der Waals surface area contributed by atoms with Crippen molar-refractivity contribution < 1.29 is 18.8 Å². The summed E-state index contributed by atoms with van der Waals surface area (Å²) in [4.78, 5) is 48.3. The third-order valence-corrected chi connectivity index (χ3v) is 6.21. The van der Waals surface area contributed by atoms with Crippen LogP contribution in [0.25, 0.3) is 22.9 Å². The van der Waals surface area contributed by atoms with E-state index in [4.69, 9.17) is 0 Å². The first-order chi connectivity index (χ1) is 19.3. The fraction of sp³-hybridized carbons (Fsp3) is 0.192. The summed E-state index contributed by atoms with van der Waals surface area (Å²) in [6, 6.07) is 7.57. The maximum atomic E-state index is 14.3. The van der Waals surface area contributed by atoms with E-state index < -0.39 is 17.8 Å². The highest BCUT2D eigenvalue weighted by Crippen LogP contribution is 2.28. The molecule has 0 unspecified atom stereocenters. The number of urea groups is 1. The lowest BCUT2D eigenvalue weighted by molar-refractivity contribution is -0.116. The van der Waals surface area contributed by atoms with Crippen molar-refractivity contribution in [3.05, 3.63) is 65.4 Å². The molecule has 1 saturated carbocycles. The zero-order valence-corrected chi connectivity index (χ0v) is 21.2. The maximum Gasteiger partial charge on any atom is 0.326 e. The molecule has 3 aromatic heterocycles. The number of hydrogen-bond donors (Lipinski definition) is 5. The van der Waals surface area contributed by atoms with Gasteiger partial charge in [0, 0.05) is 36.8 Å². The maximum absolute atomic E-state index is 14.3. The van der Waals surface area contributed by atoms with Crippen molar-refractivity contribution in [2.75, 3.05) is 16.0 Å². The minimum Gasteiger partial charge on any atom is -0.351 e. The Kier molecular flexibility index (Phi) is 6.26. The van der Waals surface area contributed by atoms with Crippen molar-refractivity contribution in [3.8, 4) is 11.1 Å². The minimum atomic E-state index is -0.605. The first-order valence-electron chi connectivity index (χ1n) is 12.4. The Labute approximate surface area is 226 Å². The van der Waals surface area contributed by atoms with Crippen LogP contribution in [0, 0.1) is 5.82 Å². The number of anilines is 3. The lowest BCUT2D eigenvalue weighted by Crippen LogP contribution is -2.22. The fourth-order valence-electron chi connectivity index (χ4n) is 4.19. The average molecular weight is 543 g/mol. The van der Waals surface area contributed by atoms with Crippen LogP contribution < -0.4 is 26.6 Å². The van der Waals surface area contributed by atoms with E-state index in [0.29, 0.717) is 28.5 Å². The summed E-state index contributed by atoms with van der Waals surface area (Å²) >= 11 is 0. The van der Waals surface area contributed by atoms with E-state index >= 15 is 0 Å². The lowest BCUT2D eigenvalue weighted by atomic mass is 10.0. The van der Waals surface area contributed by atoms with Crippen molar-refractivity contribution in [1.82, 2.24) is 35.2 Å². The molecule has 4 amide bonds. The number of imide groups is 1. The second-order valence-corrected chi connectivity index (χ2v) is 9.36. The predicted molar refractivity (Wildman–Crippen MR) is 143 cm³/mol. The number of benzene rings is 1. The number of nitrogens with one attached hydrogen (secondary N) is 5. The van der Waals surface area contributed by atoms with Gasteiger partial charge in [0.1, 0.15) is 17.3 Å². The van der Waals surface area contributed by atoms with Gasteiger partial charge in [-0.1, -0.05) is 6.07 Å². The number of carbonyl (C=O) groups is 3. The number of nitrogens with zero attached hydrogens (tertiary/aromatic N) is 5. The lowest BCUT2D eigenvalue weighted by Gasteiger charge is -2.13. The molecule has 2 fully saturated rings. The number of aromatic nitrogens is 5. The average Bonchev–Trinajstić information content (AvgIpc) is 3.55. The Morgan fingerprint density at radius 3 is 2.70 bits per heavy atom. The summed E-state index contributed by atoms with van der Waals surface area (Å²) in [5.74, 6) is -0.0598. The highest BCUT2D eigenvalue weighted by atomic mass is 19.1. The van der Waals surface area contributed by atoms with Gasteiger partial charge in [0.15, 0.2) is 5.65 Å². The van der Waals surface area contributed by atoms with Crippen LogP contribution in [-0.2, 0) is 16.1 Å². The van der Waals surface area contributed by atoms with E-state index in [-0.39, 0.29) is 30.1 Å². The Morgan fingerprint density at radius 2 is 2.00 bits per heavy atom. The van der Waals surface area contributed by atoms with Gasteiger partial charge in [-0.2, -0.15) is 19.6 Å². The van der Waals surface area contributed by atoms with Crippen LogP contribution in [0.2, 0.25) is 0 Å². The minimum absolute atomic E-state index is 0.0762. The molecule has 6 rings (SSSR count). The van der Waals surface area contributed by atoms with Crippen LogP contribution in [-0.4, -0.2) is 48.5 Å². The van der Waals surface area contributed by atoms with E-state index in [2.05, 4.69) is 46.6 Å². The molecule has 13 nitrogen and oxygen atoms in total. The second kappa shape index (κ2) is 10.1. The molecule has 1 saturated heterocycles. The van der Waals surface area contributed by atoms with E-state index in [9.17, 15) is 18.8 Å². The SMILES string of the molecule is CC(=O)Nc1ccc(-c2ccc(F)cc2CNc2nc(NC3CC3)n3ncc(/C=C4\NC(=O)NC4=O)c3n2)cn1. The number of hydrogen-bond acceptors (Lipinski definition) is 9. The Hall–Kier alpha value is -5.40. The molecule has 4 heterocycles. The van der Waals surface area contributed by atoms with Gasteiger partial charge in [0.2, 0.25) is 17.8 Å². The van der Waals surface area contributed by atoms with Gasteiger partial charge in [-0.3, -0.25) is 14.9 Å². The zero-order chi connectivity index (χ0) is 27.8. The van der Waals surface area contributed by atoms with Gasteiger partial charge in [-0.05, 0) is 54.3 Å². The third-order valence-electron chi connectivity index (χ3n) is 6.21. The molecule has 0 bridgehead atoms. The quantitative estimate of drug-likeness (QED) is 0.166. The monoisotopic (exact) mass is 542 g/mol. The Bertz CT molecular complexity index is 1700. The van der Waals surface area contributed by atoms with Crippen LogP contribution in [0.1, 0.15) is 30.9 Å². The highest BCUT2D eigenvalue weighted by molar-refractivity contribution is 6.14. The van der Waals surface area contributed by atoms with Crippen LogP contribution >= 0.6 is 0 Å². The number of amides is 4. The molecule has 0 atom stereocenters. The molecule has 202 valence electrons. The molecule has 40 heavy (non-hydrogen) atoms. The van der Waals surface area contributed by atoms with Gasteiger partial charge >= 0.3 is 6.03 Å². The van der Waals surface area contributed by atoms with Gasteiger partial charge in [-0.15, -0.1) is 0 Å². The molecule has 1 aliphatic heterocycles. The molecule has 1 aromatic carbocycles. The smallest absolute Gasteiger partial charge is 0.326 e. The van der Waals surface area contributed by atoms with E-state index in [0.717, 1.165) is 24.0 Å². The van der Waals surface area contributed by atoms with Crippen molar-refractivity contribution in [1.29, 1.82) is 0 Å².